The van der Waals surface area contributed by atoms with Crippen molar-refractivity contribution >= 4 is 17.4 Å². The number of ketones is 1. The molecule has 184 valence electrons. The van der Waals surface area contributed by atoms with E-state index in [0.717, 1.165) is 30.8 Å². The van der Waals surface area contributed by atoms with E-state index in [9.17, 15) is 14.7 Å². The van der Waals surface area contributed by atoms with Crippen molar-refractivity contribution in [2.45, 2.75) is 19.4 Å². The fourth-order valence-corrected chi connectivity index (χ4v) is 4.52. The number of nitrogens with zero attached hydrogens (tertiary/aromatic N) is 2. The Labute approximate surface area is 206 Å². The molecule has 35 heavy (non-hydrogen) atoms. The molecular formula is C28H32N2O5. The second-order valence-corrected chi connectivity index (χ2v) is 8.83. The van der Waals surface area contributed by atoms with Gasteiger partial charge in [-0.3, -0.25) is 14.5 Å². The van der Waals surface area contributed by atoms with Crippen LogP contribution in [0.25, 0.3) is 5.76 Å². The van der Waals surface area contributed by atoms with Crippen LogP contribution in [0.1, 0.15) is 29.2 Å². The SMILES string of the molecule is C=CCOc1ccc(C2/C(=C(\O)c3ccc(C)cc3)C(=O)C(=O)N2CCCN2CCOCC2)cc1. The molecule has 0 radical (unpaired) electrons. The molecule has 2 fully saturated rings. The van der Waals surface area contributed by atoms with Crippen molar-refractivity contribution in [1.82, 2.24) is 9.80 Å². The van der Waals surface area contributed by atoms with E-state index in [1.807, 2.05) is 31.2 Å². The Kier molecular flexibility index (Phi) is 8.00. The molecule has 0 aromatic heterocycles. The lowest BCUT2D eigenvalue weighted by Crippen LogP contribution is -2.38. The topological polar surface area (TPSA) is 79.3 Å². The standard InChI is InChI=1S/C28H32N2O5/c1-3-17-35-23-11-9-21(10-12-23)25-24(26(31)22-7-5-20(2)6-8-22)27(32)28(33)30(25)14-4-13-29-15-18-34-19-16-29/h3,5-12,25,31H,1,4,13-19H2,2H3/b26-24+. The highest BCUT2D eigenvalue weighted by Gasteiger charge is 2.45. The molecule has 1 unspecified atom stereocenters. The van der Waals surface area contributed by atoms with Crippen molar-refractivity contribution in [3.8, 4) is 5.75 Å². The van der Waals surface area contributed by atoms with Gasteiger partial charge in [0.25, 0.3) is 11.7 Å². The zero-order valence-electron chi connectivity index (χ0n) is 20.1. The molecule has 0 aliphatic carbocycles. The average molecular weight is 477 g/mol. The highest BCUT2D eigenvalue weighted by molar-refractivity contribution is 6.46. The van der Waals surface area contributed by atoms with Crippen LogP contribution in [0.5, 0.6) is 5.75 Å². The monoisotopic (exact) mass is 476 g/mol. The van der Waals surface area contributed by atoms with Crippen LogP contribution >= 0.6 is 0 Å². The Bertz CT molecular complexity index is 1090. The zero-order chi connectivity index (χ0) is 24.8. The molecule has 0 saturated carbocycles. The van der Waals surface area contributed by atoms with E-state index < -0.39 is 17.7 Å². The molecule has 2 aliphatic heterocycles. The maximum atomic E-state index is 13.2. The first-order valence-electron chi connectivity index (χ1n) is 12.0. The van der Waals surface area contributed by atoms with E-state index in [4.69, 9.17) is 9.47 Å². The Morgan fingerprint density at radius 2 is 1.77 bits per heavy atom. The van der Waals surface area contributed by atoms with Gasteiger partial charge in [0.1, 0.15) is 18.1 Å². The smallest absolute Gasteiger partial charge is 0.295 e. The second kappa shape index (κ2) is 11.3. The number of likely N-dealkylation sites (tertiary alicyclic amines) is 1. The first-order chi connectivity index (χ1) is 17.0. The zero-order valence-corrected chi connectivity index (χ0v) is 20.1. The second-order valence-electron chi connectivity index (χ2n) is 8.83. The highest BCUT2D eigenvalue weighted by atomic mass is 16.5. The molecule has 2 aromatic rings. The first kappa shape index (κ1) is 24.7. The fraction of sp³-hybridized carbons (Fsp3) is 0.357. The Morgan fingerprint density at radius 3 is 2.43 bits per heavy atom. The molecule has 2 saturated heterocycles. The van der Waals surface area contributed by atoms with Gasteiger partial charge in [-0.15, -0.1) is 0 Å². The van der Waals surface area contributed by atoms with Gasteiger partial charge >= 0.3 is 0 Å². The molecule has 0 spiro atoms. The van der Waals surface area contributed by atoms with Gasteiger partial charge in [0.05, 0.1) is 24.8 Å². The van der Waals surface area contributed by atoms with E-state index in [1.54, 1.807) is 35.2 Å². The number of aliphatic hydroxyl groups excluding tert-OH is 1. The Hall–Kier alpha value is -3.42. The van der Waals surface area contributed by atoms with Gasteiger partial charge in [-0.25, -0.2) is 0 Å². The number of carbonyl (C=O) groups is 2. The molecule has 0 bridgehead atoms. The number of aryl methyl sites for hydroxylation is 1. The van der Waals surface area contributed by atoms with Crippen LogP contribution in [-0.4, -0.2) is 72.6 Å². The number of carbonyl (C=O) groups excluding carboxylic acids is 2. The third-order valence-electron chi connectivity index (χ3n) is 6.41. The number of Topliss-reactive ketones (excluding diaryl/α,β-unsaturated/α-hetero) is 1. The van der Waals surface area contributed by atoms with Gasteiger partial charge in [0.15, 0.2) is 0 Å². The lowest BCUT2D eigenvalue weighted by molar-refractivity contribution is -0.140. The maximum absolute atomic E-state index is 13.2. The number of hydrogen-bond acceptors (Lipinski definition) is 6. The predicted molar refractivity (Wildman–Crippen MR) is 134 cm³/mol. The van der Waals surface area contributed by atoms with Crippen molar-refractivity contribution in [2.75, 3.05) is 46.0 Å². The van der Waals surface area contributed by atoms with Crippen molar-refractivity contribution in [1.29, 1.82) is 0 Å². The summed E-state index contributed by atoms with van der Waals surface area (Å²) in [5, 5.41) is 11.2. The minimum Gasteiger partial charge on any atom is -0.507 e. The molecule has 7 nitrogen and oxygen atoms in total. The van der Waals surface area contributed by atoms with Crippen LogP contribution in [0.4, 0.5) is 0 Å². The van der Waals surface area contributed by atoms with Gasteiger partial charge in [0.2, 0.25) is 0 Å². The molecule has 2 heterocycles. The molecule has 2 aromatic carbocycles. The maximum Gasteiger partial charge on any atom is 0.295 e. The summed E-state index contributed by atoms with van der Waals surface area (Å²) >= 11 is 0. The van der Waals surface area contributed by atoms with Crippen LogP contribution in [-0.2, 0) is 14.3 Å². The van der Waals surface area contributed by atoms with Crippen molar-refractivity contribution < 1.29 is 24.2 Å². The molecule has 1 N–H and O–H groups in total. The van der Waals surface area contributed by atoms with E-state index >= 15 is 0 Å². The Balaban J connectivity index is 1.65. The van der Waals surface area contributed by atoms with E-state index in [-0.39, 0.29) is 11.3 Å². The van der Waals surface area contributed by atoms with Crippen LogP contribution < -0.4 is 4.74 Å². The van der Waals surface area contributed by atoms with Gasteiger partial charge in [0, 0.05) is 31.7 Å². The third kappa shape index (κ3) is 5.63. The first-order valence-corrected chi connectivity index (χ1v) is 12.0. The summed E-state index contributed by atoms with van der Waals surface area (Å²) in [5.74, 6) is -0.739. The van der Waals surface area contributed by atoms with Crippen LogP contribution in [0.3, 0.4) is 0 Å². The molecule has 7 heteroatoms. The highest BCUT2D eigenvalue weighted by Crippen LogP contribution is 2.40. The van der Waals surface area contributed by atoms with Crippen molar-refractivity contribution in [3.05, 3.63) is 83.4 Å². The summed E-state index contributed by atoms with van der Waals surface area (Å²) in [5.41, 5.74) is 2.41. The Morgan fingerprint density at radius 1 is 1.09 bits per heavy atom. The average Bonchev–Trinajstić information content (AvgIpc) is 3.13. The minimum atomic E-state index is -0.672. The fourth-order valence-electron chi connectivity index (χ4n) is 4.52. The summed E-state index contributed by atoms with van der Waals surface area (Å²) in [6, 6.07) is 13.9. The summed E-state index contributed by atoms with van der Waals surface area (Å²) < 4.78 is 11.0. The van der Waals surface area contributed by atoms with E-state index in [0.29, 0.717) is 44.1 Å². The third-order valence-corrected chi connectivity index (χ3v) is 6.41. The van der Waals surface area contributed by atoms with Gasteiger partial charge in [-0.2, -0.15) is 0 Å². The quantitative estimate of drug-likeness (QED) is 0.257. The van der Waals surface area contributed by atoms with Crippen LogP contribution in [0, 0.1) is 6.92 Å². The van der Waals surface area contributed by atoms with Gasteiger partial charge < -0.3 is 19.5 Å². The molecule has 1 atom stereocenters. The number of aliphatic hydroxyl groups is 1. The van der Waals surface area contributed by atoms with Gasteiger partial charge in [-0.05, 0) is 31.0 Å². The van der Waals surface area contributed by atoms with E-state index in [2.05, 4.69) is 11.5 Å². The normalized spacial score (nSPS) is 20.3. The molecule has 1 amide bonds. The minimum absolute atomic E-state index is 0.116. The van der Waals surface area contributed by atoms with E-state index in [1.165, 1.54) is 0 Å². The molecule has 2 aliphatic rings. The number of rotatable bonds is 9. The largest absolute Gasteiger partial charge is 0.507 e. The van der Waals surface area contributed by atoms with Crippen molar-refractivity contribution in [2.24, 2.45) is 0 Å². The number of ether oxygens (including phenoxy) is 2. The number of amides is 1. The molecular weight excluding hydrogens is 444 g/mol. The van der Waals surface area contributed by atoms with Crippen molar-refractivity contribution in [3.63, 3.8) is 0 Å². The lowest BCUT2D eigenvalue weighted by atomic mass is 9.95. The lowest BCUT2D eigenvalue weighted by Gasteiger charge is -2.29. The number of hydrogen-bond donors (Lipinski definition) is 1. The number of morpholine rings is 1. The predicted octanol–water partition coefficient (Wildman–Crippen LogP) is 3.70. The summed E-state index contributed by atoms with van der Waals surface area (Å²) in [4.78, 5) is 30.2. The summed E-state index contributed by atoms with van der Waals surface area (Å²) in [6.07, 6.45) is 2.38. The van der Waals surface area contributed by atoms with Crippen LogP contribution in [0.15, 0.2) is 66.8 Å². The van der Waals surface area contributed by atoms with Gasteiger partial charge in [-0.1, -0.05) is 54.6 Å². The van der Waals surface area contributed by atoms with Crippen LogP contribution in [0.2, 0.25) is 0 Å². The number of benzene rings is 2. The summed E-state index contributed by atoms with van der Waals surface area (Å²) in [6.45, 7) is 10.4. The summed E-state index contributed by atoms with van der Waals surface area (Å²) in [7, 11) is 0. The molecule has 4 rings (SSSR count).